The minimum absolute atomic E-state index is 0.0906. The van der Waals surface area contributed by atoms with Crippen molar-refractivity contribution in [3.63, 3.8) is 0 Å². The fourth-order valence-corrected chi connectivity index (χ4v) is 2.12. The summed E-state index contributed by atoms with van der Waals surface area (Å²) in [6, 6.07) is 7.62. The van der Waals surface area contributed by atoms with Crippen LogP contribution in [0.5, 0.6) is 5.75 Å². The second-order valence-corrected chi connectivity index (χ2v) is 5.00. The molecule has 0 unspecified atom stereocenters. The lowest BCUT2D eigenvalue weighted by Crippen LogP contribution is -2.14. The number of nitrogens with zero attached hydrogens (tertiary/aromatic N) is 1. The number of para-hydroxylation sites is 1. The molecule has 0 atom stereocenters. The molecule has 2 rings (SSSR count). The minimum atomic E-state index is -0.837. The van der Waals surface area contributed by atoms with Crippen molar-refractivity contribution < 1.29 is 24.4 Å². The number of halogens is 1. The predicted octanol–water partition coefficient (Wildman–Crippen LogP) is 2.99. The van der Waals surface area contributed by atoms with Crippen LogP contribution in [0.15, 0.2) is 36.4 Å². The van der Waals surface area contributed by atoms with E-state index in [2.05, 4.69) is 10.1 Å². The Morgan fingerprint density at radius 2 is 1.96 bits per heavy atom. The molecule has 2 aromatic rings. The van der Waals surface area contributed by atoms with Crippen LogP contribution >= 0.6 is 11.6 Å². The van der Waals surface area contributed by atoms with Crippen LogP contribution in [-0.2, 0) is 4.74 Å². The van der Waals surface area contributed by atoms with Gasteiger partial charge in [0.2, 0.25) is 0 Å². The molecule has 0 fully saturated rings. The summed E-state index contributed by atoms with van der Waals surface area (Å²) in [5.74, 6) is -2.13. The first-order chi connectivity index (χ1) is 11.3. The Bertz CT molecular complexity index is 837. The number of rotatable bonds is 4. The first kappa shape index (κ1) is 17.2. The van der Waals surface area contributed by atoms with Crippen LogP contribution in [0.2, 0.25) is 5.02 Å². The number of carbonyl (C=O) groups excluding carboxylic acids is 2. The SMILES string of the molecule is COC(=O)c1cccc(NC(=O)c2ccc(Cl)cc2[N+](=O)[O-])c1O. The lowest BCUT2D eigenvalue weighted by Gasteiger charge is -2.10. The lowest BCUT2D eigenvalue weighted by molar-refractivity contribution is -0.385. The summed E-state index contributed by atoms with van der Waals surface area (Å²) in [7, 11) is 1.14. The highest BCUT2D eigenvalue weighted by Gasteiger charge is 2.22. The van der Waals surface area contributed by atoms with Crippen LogP contribution in [0.3, 0.4) is 0 Å². The van der Waals surface area contributed by atoms with Gasteiger partial charge in [-0.1, -0.05) is 17.7 Å². The van der Waals surface area contributed by atoms with Gasteiger partial charge in [0.15, 0.2) is 5.75 Å². The topological polar surface area (TPSA) is 119 Å². The number of nitrogens with one attached hydrogen (secondary N) is 1. The van der Waals surface area contributed by atoms with Gasteiger partial charge in [0.25, 0.3) is 11.6 Å². The lowest BCUT2D eigenvalue weighted by atomic mass is 10.1. The van der Waals surface area contributed by atoms with Crippen molar-refractivity contribution in [2.75, 3.05) is 12.4 Å². The van der Waals surface area contributed by atoms with E-state index in [0.29, 0.717) is 0 Å². The summed E-state index contributed by atoms with van der Waals surface area (Å²) in [5.41, 5.74) is -0.969. The van der Waals surface area contributed by atoms with E-state index in [9.17, 15) is 24.8 Å². The molecule has 8 nitrogen and oxygen atoms in total. The molecule has 0 heterocycles. The number of anilines is 1. The molecule has 24 heavy (non-hydrogen) atoms. The molecule has 0 aliphatic rings. The van der Waals surface area contributed by atoms with Crippen molar-refractivity contribution in [2.24, 2.45) is 0 Å². The summed E-state index contributed by atoms with van der Waals surface area (Å²) in [6.07, 6.45) is 0. The third-order valence-corrected chi connectivity index (χ3v) is 3.33. The maximum absolute atomic E-state index is 12.3. The zero-order valence-corrected chi connectivity index (χ0v) is 13.0. The second kappa shape index (κ2) is 6.97. The highest BCUT2D eigenvalue weighted by Crippen LogP contribution is 2.30. The molecule has 0 aromatic heterocycles. The molecule has 9 heteroatoms. The van der Waals surface area contributed by atoms with E-state index in [4.69, 9.17) is 11.6 Å². The standard InChI is InChI=1S/C15H11ClN2O6/c1-24-15(21)10-3-2-4-11(13(10)19)17-14(20)9-6-5-8(16)7-12(9)18(22)23/h2-7,19H,1H3,(H,17,20). The Kier molecular flexibility index (Phi) is 5.00. The summed E-state index contributed by atoms with van der Waals surface area (Å²) < 4.78 is 4.51. The number of hydrogen-bond acceptors (Lipinski definition) is 6. The number of benzene rings is 2. The maximum atomic E-state index is 12.3. The first-order valence-electron chi connectivity index (χ1n) is 6.50. The van der Waals surface area contributed by atoms with E-state index < -0.39 is 28.2 Å². The Labute approximate surface area is 140 Å². The number of nitro groups is 1. The molecule has 2 N–H and O–H groups in total. The highest BCUT2D eigenvalue weighted by molar-refractivity contribution is 6.31. The van der Waals surface area contributed by atoms with Gasteiger partial charge in [0.1, 0.15) is 11.1 Å². The van der Waals surface area contributed by atoms with Gasteiger partial charge < -0.3 is 15.2 Å². The number of esters is 1. The van der Waals surface area contributed by atoms with Crippen LogP contribution in [-0.4, -0.2) is 29.0 Å². The quantitative estimate of drug-likeness (QED) is 0.378. The van der Waals surface area contributed by atoms with Gasteiger partial charge in [-0.2, -0.15) is 0 Å². The van der Waals surface area contributed by atoms with E-state index in [0.717, 1.165) is 13.2 Å². The highest BCUT2D eigenvalue weighted by atomic mass is 35.5. The Balaban J connectivity index is 2.38. The fraction of sp³-hybridized carbons (Fsp3) is 0.0667. The van der Waals surface area contributed by atoms with Gasteiger partial charge in [0, 0.05) is 11.1 Å². The molecule has 0 saturated carbocycles. The van der Waals surface area contributed by atoms with Crippen LogP contribution < -0.4 is 5.32 Å². The second-order valence-electron chi connectivity index (χ2n) is 4.57. The Morgan fingerprint density at radius 3 is 2.58 bits per heavy atom. The largest absolute Gasteiger partial charge is 0.505 e. The number of carbonyl (C=O) groups is 2. The van der Waals surface area contributed by atoms with Crippen molar-refractivity contribution in [2.45, 2.75) is 0 Å². The average Bonchev–Trinajstić information content (AvgIpc) is 2.55. The van der Waals surface area contributed by atoms with Gasteiger partial charge in [-0.05, 0) is 24.3 Å². The number of hydrogen-bond donors (Lipinski definition) is 2. The van der Waals surface area contributed by atoms with Crippen molar-refractivity contribution in [1.82, 2.24) is 0 Å². The van der Waals surface area contributed by atoms with Gasteiger partial charge in [0.05, 0.1) is 17.7 Å². The molecule has 124 valence electrons. The molecule has 0 saturated heterocycles. The summed E-state index contributed by atoms with van der Waals surface area (Å²) in [5, 5.41) is 23.5. The summed E-state index contributed by atoms with van der Waals surface area (Å²) in [4.78, 5) is 34.1. The molecule has 0 bridgehead atoms. The molecule has 1 amide bonds. The van der Waals surface area contributed by atoms with Crippen molar-refractivity contribution in [3.05, 3.63) is 62.7 Å². The first-order valence-corrected chi connectivity index (χ1v) is 6.88. The van der Waals surface area contributed by atoms with Crippen molar-refractivity contribution in [1.29, 1.82) is 0 Å². The predicted molar refractivity (Wildman–Crippen MR) is 85.5 cm³/mol. The van der Waals surface area contributed by atoms with Gasteiger partial charge >= 0.3 is 5.97 Å². The van der Waals surface area contributed by atoms with Gasteiger partial charge in [-0.3, -0.25) is 14.9 Å². The van der Waals surface area contributed by atoms with Gasteiger partial charge in [-0.15, -0.1) is 0 Å². The summed E-state index contributed by atoms with van der Waals surface area (Å²) >= 11 is 5.70. The Morgan fingerprint density at radius 1 is 1.25 bits per heavy atom. The minimum Gasteiger partial charge on any atom is -0.505 e. The zero-order chi connectivity index (χ0) is 17.9. The molecule has 0 radical (unpaired) electrons. The molecule has 2 aromatic carbocycles. The van der Waals surface area contributed by atoms with Crippen LogP contribution in [0.25, 0.3) is 0 Å². The number of phenols is 1. The normalized spacial score (nSPS) is 10.1. The number of methoxy groups -OCH3 is 1. The number of phenolic OH excluding ortho intramolecular Hbond substituents is 1. The van der Waals surface area contributed by atoms with Crippen molar-refractivity contribution in [3.8, 4) is 5.75 Å². The molecule has 0 aliphatic carbocycles. The average molecular weight is 351 g/mol. The molecule has 0 aliphatic heterocycles. The fourth-order valence-electron chi connectivity index (χ4n) is 1.96. The van der Waals surface area contributed by atoms with E-state index in [1.54, 1.807) is 0 Å². The number of ether oxygens (including phenoxy) is 1. The molecule has 0 spiro atoms. The van der Waals surface area contributed by atoms with E-state index >= 15 is 0 Å². The van der Waals surface area contributed by atoms with Crippen LogP contribution in [0.4, 0.5) is 11.4 Å². The number of amides is 1. The smallest absolute Gasteiger partial charge is 0.341 e. The third-order valence-electron chi connectivity index (χ3n) is 3.09. The monoisotopic (exact) mass is 350 g/mol. The van der Waals surface area contributed by atoms with Crippen molar-refractivity contribution >= 4 is 34.9 Å². The van der Waals surface area contributed by atoms with Crippen LogP contribution in [0.1, 0.15) is 20.7 Å². The third kappa shape index (κ3) is 3.44. The summed E-state index contributed by atoms with van der Waals surface area (Å²) in [6.45, 7) is 0. The number of nitro benzene ring substituents is 1. The molecular weight excluding hydrogens is 340 g/mol. The van der Waals surface area contributed by atoms with Crippen LogP contribution in [0, 0.1) is 10.1 Å². The van der Waals surface area contributed by atoms with E-state index in [1.165, 1.54) is 30.3 Å². The van der Waals surface area contributed by atoms with E-state index in [1.807, 2.05) is 0 Å². The maximum Gasteiger partial charge on any atom is 0.341 e. The zero-order valence-electron chi connectivity index (χ0n) is 12.3. The van der Waals surface area contributed by atoms with E-state index in [-0.39, 0.29) is 21.8 Å². The number of aromatic hydroxyl groups is 1. The molecular formula is C15H11ClN2O6. The van der Waals surface area contributed by atoms with Gasteiger partial charge in [-0.25, -0.2) is 4.79 Å². The Hall–Kier alpha value is -3.13.